The lowest BCUT2D eigenvalue weighted by molar-refractivity contribution is -0.0262. The Morgan fingerprint density at radius 3 is 2.35 bits per heavy atom. The Morgan fingerprint density at radius 2 is 1.62 bits per heavy atom. The molecule has 1 unspecified atom stereocenters. The van der Waals surface area contributed by atoms with Crippen molar-refractivity contribution in [3.63, 3.8) is 0 Å². The van der Waals surface area contributed by atoms with E-state index in [1.54, 1.807) is 0 Å². The highest BCUT2D eigenvalue weighted by molar-refractivity contribution is 5.53. The zero-order chi connectivity index (χ0) is 23.6. The molecule has 0 aliphatic carbocycles. The molecule has 2 heterocycles. The molecule has 174 valence electrons. The monoisotopic (exact) mass is 452 g/mol. The molecule has 3 aromatic rings. The van der Waals surface area contributed by atoms with E-state index >= 15 is 0 Å². The Kier molecular flexibility index (Phi) is 6.16. The zero-order valence-electron chi connectivity index (χ0n) is 19.8. The summed E-state index contributed by atoms with van der Waals surface area (Å²) in [4.78, 5) is 6.72. The minimum atomic E-state index is -0.738. The highest BCUT2D eigenvalue weighted by Gasteiger charge is 2.46. The summed E-state index contributed by atoms with van der Waals surface area (Å²) in [6.45, 7) is 13.5. The molecule has 1 N–H and O–H groups in total. The lowest BCUT2D eigenvalue weighted by Crippen LogP contribution is -2.43. The first kappa shape index (κ1) is 22.7. The molecule has 0 aromatic heterocycles. The third-order valence-electron chi connectivity index (χ3n) is 7.65. The van der Waals surface area contributed by atoms with Crippen molar-refractivity contribution >= 4 is 0 Å². The topological polar surface area (TPSA) is 37.1 Å². The van der Waals surface area contributed by atoms with Gasteiger partial charge in [0.15, 0.2) is 0 Å². The van der Waals surface area contributed by atoms with Crippen molar-refractivity contribution in [1.29, 1.82) is 0 Å². The van der Waals surface area contributed by atoms with E-state index in [0.717, 1.165) is 73.3 Å². The fourth-order valence-corrected chi connectivity index (χ4v) is 5.59. The molecule has 34 heavy (non-hydrogen) atoms. The lowest BCUT2D eigenvalue weighted by atomic mass is 9.78. The number of nitrogens with zero attached hydrogens (tertiary/aromatic N) is 2. The number of likely N-dealkylation sites (tertiary alicyclic amines) is 1. The second-order valence-electron chi connectivity index (χ2n) is 9.76. The van der Waals surface area contributed by atoms with E-state index in [0.29, 0.717) is 6.61 Å². The lowest BCUT2D eigenvalue weighted by Gasteiger charge is -2.38. The molecule has 0 saturated carbocycles. The summed E-state index contributed by atoms with van der Waals surface area (Å²) in [5, 5.41) is 11.2. The van der Waals surface area contributed by atoms with Gasteiger partial charge < -0.3 is 14.7 Å². The Labute approximate surface area is 202 Å². The minimum Gasteiger partial charge on any atom is -0.488 e. The first-order valence-electron chi connectivity index (χ1n) is 12.3. The first-order chi connectivity index (χ1) is 16.5. The van der Waals surface area contributed by atoms with E-state index < -0.39 is 11.1 Å². The molecule has 1 fully saturated rings. The molecule has 2 aliphatic heterocycles. The predicted octanol–water partition coefficient (Wildman–Crippen LogP) is 5.81. The van der Waals surface area contributed by atoms with Crippen molar-refractivity contribution in [3.05, 3.63) is 112 Å². The number of hydrogen-bond donors (Lipinski definition) is 1. The second kappa shape index (κ2) is 9.25. The number of fused-ring (bicyclic) bond motifs is 2. The molecular formula is C30H32N2O2. The number of aliphatic hydroxyl groups is 1. The molecule has 4 nitrogen and oxygen atoms in total. The number of piperidine rings is 1. The third-order valence-corrected chi connectivity index (χ3v) is 7.65. The quantitative estimate of drug-likeness (QED) is 0.496. The molecule has 1 saturated heterocycles. The zero-order valence-corrected chi connectivity index (χ0v) is 19.8. The molecule has 5 rings (SSSR count). The minimum absolute atomic E-state index is 0.494. The van der Waals surface area contributed by atoms with Crippen molar-refractivity contribution in [1.82, 2.24) is 4.90 Å². The van der Waals surface area contributed by atoms with Gasteiger partial charge in [-0.2, -0.15) is 0 Å². The van der Waals surface area contributed by atoms with Crippen LogP contribution in [-0.4, -0.2) is 29.6 Å². The van der Waals surface area contributed by atoms with E-state index in [4.69, 9.17) is 11.3 Å². The van der Waals surface area contributed by atoms with Crippen molar-refractivity contribution in [2.45, 2.75) is 50.4 Å². The molecule has 3 aromatic carbocycles. The Morgan fingerprint density at radius 1 is 0.941 bits per heavy atom. The number of benzene rings is 3. The maximum atomic E-state index is 11.2. The summed E-state index contributed by atoms with van der Waals surface area (Å²) in [6.07, 6.45) is 3.13. The summed E-state index contributed by atoms with van der Waals surface area (Å²) in [5.41, 5.74) is 3.91. The molecule has 0 amide bonds. The maximum absolute atomic E-state index is 11.2. The van der Waals surface area contributed by atoms with Gasteiger partial charge in [0.2, 0.25) is 0 Å². The van der Waals surface area contributed by atoms with Gasteiger partial charge in [0.05, 0.1) is 11.2 Å². The smallest absolute Gasteiger partial charge is 0.286 e. The van der Waals surface area contributed by atoms with Crippen molar-refractivity contribution in [2.75, 3.05) is 19.6 Å². The van der Waals surface area contributed by atoms with Crippen LogP contribution in [-0.2, 0) is 17.7 Å². The van der Waals surface area contributed by atoms with Crippen LogP contribution in [0.5, 0.6) is 5.75 Å². The largest absolute Gasteiger partial charge is 0.488 e. The highest BCUT2D eigenvalue weighted by Crippen LogP contribution is 2.46. The van der Waals surface area contributed by atoms with Crippen LogP contribution in [0, 0.1) is 13.5 Å². The summed E-state index contributed by atoms with van der Waals surface area (Å²) in [6, 6.07) is 24.5. The summed E-state index contributed by atoms with van der Waals surface area (Å²) in [5.74, 6) is 0.816. The van der Waals surface area contributed by atoms with Crippen molar-refractivity contribution in [2.24, 2.45) is 0 Å². The average Bonchev–Trinajstić information content (AvgIpc) is 3.01. The van der Waals surface area contributed by atoms with Gasteiger partial charge in [-0.05, 0) is 50.4 Å². The molecule has 1 atom stereocenters. The fraction of sp³-hybridized carbons (Fsp3) is 0.367. The van der Waals surface area contributed by atoms with Gasteiger partial charge in [0, 0.05) is 30.6 Å². The van der Waals surface area contributed by atoms with E-state index in [-0.39, 0.29) is 0 Å². The molecule has 2 aliphatic rings. The normalized spacial score (nSPS) is 21.4. The van der Waals surface area contributed by atoms with Gasteiger partial charge in [0.1, 0.15) is 12.4 Å². The standard InChI is InChI=1S/C30H32N2O2/c1-23-12-14-25(15-13-23)29(33)17-20-32(21-18-29)19-7-16-30(31-2)26-9-4-3-8-24(26)22-34-28-11-6-5-10-27(28)30/h3-6,8-15,33H,7,16-22H2,1H3. The second-order valence-corrected chi connectivity index (χ2v) is 9.76. The molecule has 0 bridgehead atoms. The van der Waals surface area contributed by atoms with Crippen LogP contribution in [0.3, 0.4) is 0 Å². The Bertz CT molecular complexity index is 1140. The summed E-state index contributed by atoms with van der Waals surface area (Å²) in [7, 11) is 0. The molecule has 0 radical (unpaired) electrons. The van der Waals surface area contributed by atoms with E-state index in [1.165, 1.54) is 5.56 Å². The van der Waals surface area contributed by atoms with Gasteiger partial charge in [-0.25, -0.2) is 6.57 Å². The van der Waals surface area contributed by atoms with Crippen molar-refractivity contribution < 1.29 is 9.84 Å². The van der Waals surface area contributed by atoms with E-state index in [9.17, 15) is 5.11 Å². The van der Waals surface area contributed by atoms with Gasteiger partial charge in [0.25, 0.3) is 5.54 Å². The molecule has 0 spiro atoms. The van der Waals surface area contributed by atoms with Crippen LogP contribution in [0.1, 0.15) is 53.5 Å². The fourth-order valence-electron chi connectivity index (χ4n) is 5.59. The highest BCUT2D eigenvalue weighted by atomic mass is 16.5. The van der Waals surface area contributed by atoms with Crippen LogP contribution < -0.4 is 4.74 Å². The maximum Gasteiger partial charge on any atom is 0.286 e. The van der Waals surface area contributed by atoms with Gasteiger partial charge in [-0.1, -0.05) is 66.2 Å². The average molecular weight is 453 g/mol. The van der Waals surface area contributed by atoms with E-state index in [1.807, 2.05) is 30.3 Å². The number of aryl methyl sites for hydroxylation is 1. The SMILES string of the molecule is [C-]#[N+]C1(CCCN2CCC(O)(c3ccc(C)cc3)CC2)c2ccccc2COc2ccccc21. The van der Waals surface area contributed by atoms with E-state index in [2.05, 4.69) is 59.1 Å². The first-order valence-corrected chi connectivity index (χ1v) is 12.3. The Hall–Kier alpha value is -3.13. The third kappa shape index (κ3) is 4.11. The summed E-state index contributed by atoms with van der Waals surface area (Å²) < 4.78 is 6.12. The summed E-state index contributed by atoms with van der Waals surface area (Å²) >= 11 is 0. The number of ether oxygens (including phenoxy) is 1. The van der Waals surface area contributed by atoms with Crippen LogP contribution in [0.2, 0.25) is 0 Å². The number of para-hydroxylation sites is 1. The van der Waals surface area contributed by atoms with Gasteiger partial charge >= 0.3 is 0 Å². The van der Waals surface area contributed by atoms with Crippen LogP contribution >= 0.6 is 0 Å². The van der Waals surface area contributed by atoms with Gasteiger partial charge in [-0.15, -0.1) is 0 Å². The van der Waals surface area contributed by atoms with Gasteiger partial charge in [-0.3, -0.25) is 4.85 Å². The Balaban J connectivity index is 1.30. The van der Waals surface area contributed by atoms with Crippen LogP contribution in [0.4, 0.5) is 0 Å². The van der Waals surface area contributed by atoms with Crippen molar-refractivity contribution in [3.8, 4) is 5.75 Å². The number of hydrogen-bond acceptors (Lipinski definition) is 3. The van der Waals surface area contributed by atoms with Crippen LogP contribution in [0.25, 0.3) is 4.85 Å². The number of rotatable bonds is 5. The predicted molar refractivity (Wildman–Crippen MR) is 135 cm³/mol. The molecular weight excluding hydrogens is 420 g/mol. The molecule has 4 heteroatoms. The van der Waals surface area contributed by atoms with Crippen LogP contribution in [0.15, 0.2) is 72.8 Å².